The summed E-state index contributed by atoms with van der Waals surface area (Å²) in [6, 6.07) is 0. The second-order valence-electron chi connectivity index (χ2n) is 11.7. The highest BCUT2D eigenvalue weighted by Crippen LogP contribution is 2.37. The normalized spacial score (nSPS) is 17.6. The van der Waals surface area contributed by atoms with Gasteiger partial charge in [0.15, 0.2) is 0 Å². The maximum Gasteiger partial charge on any atom is 0.144 e. The van der Waals surface area contributed by atoms with Gasteiger partial charge in [0.05, 0.1) is 28.5 Å². The third-order valence-electron chi connectivity index (χ3n) is 7.73. The van der Waals surface area contributed by atoms with Crippen molar-refractivity contribution in [2.75, 3.05) is 0 Å². The number of aryl methyl sites for hydroxylation is 1. The van der Waals surface area contributed by atoms with Gasteiger partial charge in [-0.05, 0) is 77.7 Å². The first-order valence-electron chi connectivity index (χ1n) is 14.3. The number of aromatic nitrogens is 1. The zero-order valence-corrected chi connectivity index (χ0v) is 26.2. The van der Waals surface area contributed by atoms with Crippen molar-refractivity contribution in [1.29, 1.82) is 0 Å². The van der Waals surface area contributed by atoms with E-state index >= 15 is 0 Å². The number of hydrogen-bond acceptors (Lipinski definition) is 7. The highest BCUT2D eigenvalue weighted by Gasteiger charge is 2.42. The smallest absolute Gasteiger partial charge is 0.144 e. The summed E-state index contributed by atoms with van der Waals surface area (Å²) in [5, 5.41) is 34.5. The molecule has 3 unspecified atom stereocenters. The van der Waals surface area contributed by atoms with Crippen molar-refractivity contribution in [3.05, 3.63) is 22.2 Å². The SMILES string of the molecule is C/C=C\c1csc(C)n1.CCC([C@@H](C)O)C(C)(C)C(=O)C(C)[C@@H](O)C(C)CCC[C@@](C)(O)CCCCC=O. The number of unbranched alkanes of at least 4 members (excludes halogenated alkanes) is 2. The largest absolute Gasteiger partial charge is 0.393 e. The lowest BCUT2D eigenvalue weighted by Gasteiger charge is -2.38. The summed E-state index contributed by atoms with van der Waals surface area (Å²) in [6.45, 7) is 17.0. The van der Waals surface area contributed by atoms with Crippen LogP contribution in [0.5, 0.6) is 0 Å². The number of nitrogens with zero attached hydrogens (tertiary/aromatic N) is 1. The maximum atomic E-state index is 13.1. The molecular formula is C31H55NO5S. The Morgan fingerprint density at radius 3 is 2.18 bits per heavy atom. The quantitative estimate of drug-likeness (QED) is 0.145. The fraction of sp³-hybridized carbons (Fsp3) is 0.774. The number of carbonyl (C=O) groups is 2. The van der Waals surface area contributed by atoms with Crippen molar-refractivity contribution in [1.82, 2.24) is 4.98 Å². The first-order chi connectivity index (χ1) is 17.6. The molecular weight excluding hydrogens is 498 g/mol. The van der Waals surface area contributed by atoms with E-state index in [0.717, 1.165) is 42.7 Å². The molecule has 1 aromatic heterocycles. The Morgan fingerprint density at radius 1 is 1.11 bits per heavy atom. The molecule has 1 rings (SSSR count). The van der Waals surface area contributed by atoms with Crippen LogP contribution in [0, 0.1) is 30.1 Å². The number of ketones is 1. The van der Waals surface area contributed by atoms with E-state index in [2.05, 4.69) is 10.4 Å². The lowest BCUT2D eigenvalue weighted by molar-refractivity contribution is -0.141. The van der Waals surface area contributed by atoms with E-state index in [1.54, 1.807) is 25.2 Å². The summed E-state index contributed by atoms with van der Waals surface area (Å²) in [5.74, 6) is -0.708. The van der Waals surface area contributed by atoms with Gasteiger partial charge in [0.1, 0.15) is 12.1 Å². The molecule has 0 radical (unpaired) electrons. The molecule has 3 N–H and O–H groups in total. The molecule has 0 fully saturated rings. The molecule has 0 aliphatic rings. The van der Waals surface area contributed by atoms with E-state index in [0.29, 0.717) is 25.7 Å². The van der Waals surface area contributed by atoms with Gasteiger partial charge in [-0.2, -0.15) is 0 Å². The zero-order valence-electron chi connectivity index (χ0n) is 25.4. The summed E-state index contributed by atoms with van der Waals surface area (Å²) in [5.41, 5.74) is -0.392. The molecule has 0 aliphatic carbocycles. The molecule has 38 heavy (non-hydrogen) atoms. The van der Waals surface area contributed by atoms with Crippen LogP contribution in [0.15, 0.2) is 11.5 Å². The minimum atomic E-state index is -0.761. The van der Waals surface area contributed by atoms with Crippen LogP contribution in [0.2, 0.25) is 0 Å². The molecule has 0 saturated carbocycles. The van der Waals surface area contributed by atoms with E-state index in [1.165, 1.54) is 0 Å². The van der Waals surface area contributed by atoms with Gasteiger partial charge in [-0.15, -0.1) is 11.3 Å². The van der Waals surface area contributed by atoms with E-state index in [1.807, 2.05) is 60.6 Å². The average Bonchev–Trinajstić information content (AvgIpc) is 3.25. The summed E-state index contributed by atoms with van der Waals surface area (Å²) in [4.78, 5) is 27.7. The highest BCUT2D eigenvalue weighted by molar-refractivity contribution is 7.09. The number of carbonyl (C=O) groups excluding carboxylic acids is 2. The van der Waals surface area contributed by atoms with Gasteiger partial charge in [0.25, 0.3) is 0 Å². The minimum Gasteiger partial charge on any atom is -0.393 e. The number of aliphatic hydroxyl groups is 3. The summed E-state index contributed by atoms with van der Waals surface area (Å²) >= 11 is 1.68. The van der Waals surface area contributed by atoms with Gasteiger partial charge in [-0.25, -0.2) is 4.98 Å². The zero-order chi connectivity index (χ0) is 29.5. The van der Waals surface area contributed by atoms with Crippen molar-refractivity contribution >= 4 is 29.5 Å². The van der Waals surface area contributed by atoms with Crippen molar-refractivity contribution in [2.24, 2.45) is 23.2 Å². The van der Waals surface area contributed by atoms with Gasteiger partial charge >= 0.3 is 0 Å². The Hall–Kier alpha value is -1.41. The lowest BCUT2D eigenvalue weighted by Crippen LogP contribution is -2.45. The lowest BCUT2D eigenvalue weighted by atomic mass is 9.67. The number of aldehydes is 1. The molecule has 6 nitrogen and oxygen atoms in total. The van der Waals surface area contributed by atoms with Crippen LogP contribution in [0.1, 0.15) is 117 Å². The van der Waals surface area contributed by atoms with Crippen LogP contribution in [-0.2, 0) is 9.59 Å². The first-order valence-corrected chi connectivity index (χ1v) is 15.1. The molecule has 1 aromatic rings. The van der Waals surface area contributed by atoms with Gasteiger partial charge in [0, 0.05) is 23.1 Å². The molecule has 6 atom stereocenters. The third kappa shape index (κ3) is 13.1. The van der Waals surface area contributed by atoms with Gasteiger partial charge < -0.3 is 20.1 Å². The average molecular weight is 554 g/mol. The molecule has 0 spiro atoms. The van der Waals surface area contributed by atoms with Crippen LogP contribution in [0.4, 0.5) is 0 Å². The standard InChI is InChI=1S/C24H46O5.C7H9NS/c1-8-20(19(4)26)23(5,6)22(28)18(3)21(27)17(2)13-12-15-24(7,29)14-10-9-11-16-25;1-3-4-7-5-9-6(2)8-7/h16-21,26-27,29H,8-15H2,1-7H3;3-5H,1-2H3/b;4-3-/t17?,18?,19-,20?,21+,24+;/m1./s1. The Balaban J connectivity index is 0.00000127. The summed E-state index contributed by atoms with van der Waals surface area (Å²) in [6.07, 6.45) is 9.26. The number of allylic oxidation sites excluding steroid dienone is 1. The van der Waals surface area contributed by atoms with Crippen LogP contribution >= 0.6 is 11.3 Å². The van der Waals surface area contributed by atoms with E-state index < -0.39 is 29.1 Å². The molecule has 0 aromatic carbocycles. The first kappa shape index (κ1) is 36.6. The number of Topliss-reactive ketones (excluding diaryl/α,β-unsaturated/α-hetero) is 1. The number of rotatable bonds is 17. The molecule has 220 valence electrons. The van der Waals surface area contributed by atoms with Crippen LogP contribution in [-0.4, -0.2) is 50.2 Å². The topological polar surface area (TPSA) is 108 Å². The molecule has 0 saturated heterocycles. The molecule has 7 heteroatoms. The predicted octanol–water partition coefficient (Wildman–Crippen LogP) is 6.79. The fourth-order valence-electron chi connectivity index (χ4n) is 5.33. The number of thiazole rings is 1. The van der Waals surface area contributed by atoms with E-state index in [9.17, 15) is 24.9 Å². The minimum absolute atomic E-state index is 0.00762. The predicted molar refractivity (Wildman–Crippen MR) is 159 cm³/mol. The Labute approximate surface area is 236 Å². The molecule has 0 bridgehead atoms. The van der Waals surface area contributed by atoms with Crippen molar-refractivity contribution in [2.45, 2.75) is 131 Å². The fourth-order valence-corrected chi connectivity index (χ4v) is 5.91. The second-order valence-corrected chi connectivity index (χ2v) is 12.8. The molecule has 0 amide bonds. The molecule has 1 heterocycles. The van der Waals surface area contributed by atoms with Crippen molar-refractivity contribution < 1.29 is 24.9 Å². The van der Waals surface area contributed by atoms with Gasteiger partial charge in [0.2, 0.25) is 0 Å². The van der Waals surface area contributed by atoms with Crippen LogP contribution in [0.3, 0.4) is 0 Å². The van der Waals surface area contributed by atoms with E-state index in [4.69, 9.17) is 0 Å². The Bertz CT molecular complexity index is 830. The van der Waals surface area contributed by atoms with Crippen LogP contribution < -0.4 is 0 Å². The summed E-state index contributed by atoms with van der Waals surface area (Å²) < 4.78 is 0. The van der Waals surface area contributed by atoms with Crippen molar-refractivity contribution in [3.63, 3.8) is 0 Å². The van der Waals surface area contributed by atoms with Gasteiger partial charge in [-0.3, -0.25) is 4.79 Å². The highest BCUT2D eigenvalue weighted by atomic mass is 32.1. The van der Waals surface area contributed by atoms with Crippen LogP contribution in [0.25, 0.3) is 6.08 Å². The number of hydrogen-bond donors (Lipinski definition) is 3. The van der Waals surface area contributed by atoms with E-state index in [-0.39, 0.29) is 17.6 Å². The molecule has 0 aliphatic heterocycles. The Kier molecular flexibility index (Phi) is 17.4. The summed E-state index contributed by atoms with van der Waals surface area (Å²) in [7, 11) is 0. The van der Waals surface area contributed by atoms with Gasteiger partial charge in [-0.1, -0.05) is 53.5 Å². The van der Waals surface area contributed by atoms with Crippen molar-refractivity contribution in [3.8, 4) is 0 Å². The monoisotopic (exact) mass is 553 g/mol. The Morgan fingerprint density at radius 2 is 1.71 bits per heavy atom. The second kappa shape index (κ2) is 18.0. The number of aliphatic hydroxyl groups excluding tert-OH is 2. The third-order valence-corrected chi connectivity index (χ3v) is 8.52. The maximum absolute atomic E-state index is 13.1.